The number of hydrogen-bond acceptors (Lipinski definition) is 5. The standard InChI is InChI=1S/C24H19NO4S/c1-25-22(28)13-4-15-2-10-19(11-3-15)29-23-20-12-9-18(27)14-21(20)30-24(23)16-5-7-17(26)8-6-16/h2-14,26-27H,1H3,(H,25,28)/b13-4+. The molecule has 0 spiro atoms. The first-order chi connectivity index (χ1) is 14.5. The van der Waals surface area contributed by atoms with Gasteiger partial charge in [0, 0.05) is 23.2 Å². The maximum Gasteiger partial charge on any atom is 0.243 e. The minimum absolute atomic E-state index is 0.165. The average Bonchev–Trinajstić information content (AvgIpc) is 3.10. The lowest BCUT2D eigenvalue weighted by Gasteiger charge is -2.09. The van der Waals surface area contributed by atoms with Crippen molar-refractivity contribution < 1.29 is 19.7 Å². The molecular weight excluding hydrogens is 398 g/mol. The molecule has 0 atom stereocenters. The first kappa shape index (κ1) is 19.5. The molecular formula is C24H19NO4S. The number of ether oxygens (including phenoxy) is 1. The van der Waals surface area contributed by atoms with Gasteiger partial charge in [-0.15, -0.1) is 11.3 Å². The number of nitrogens with one attached hydrogen (secondary N) is 1. The van der Waals surface area contributed by atoms with Crippen molar-refractivity contribution in [1.29, 1.82) is 0 Å². The molecule has 5 nitrogen and oxygen atoms in total. The van der Waals surface area contributed by atoms with Gasteiger partial charge in [-0.05, 0) is 71.8 Å². The minimum atomic E-state index is -0.165. The quantitative estimate of drug-likeness (QED) is 0.373. The third-order valence-corrected chi connectivity index (χ3v) is 5.71. The van der Waals surface area contributed by atoms with E-state index in [2.05, 4.69) is 5.32 Å². The average molecular weight is 417 g/mol. The van der Waals surface area contributed by atoms with Crippen molar-refractivity contribution in [2.45, 2.75) is 0 Å². The van der Waals surface area contributed by atoms with Crippen LogP contribution in [0.3, 0.4) is 0 Å². The van der Waals surface area contributed by atoms with Crippen molar-refractivity contribution in [2.75, 3.05) is 7.05 Å². The van der Waals surface area contributed by atoms with Crippen molar-refractivity contribution in [3.05, 3.63) is 78.4 Å². The largest absolute Gasteiger partial charge is 0.508 e. The highest BCUT2D eigenvalue weighted by Crippen LogP contribution is 2.47. The van der Waals surface area contributed by atoms with Crippen molar-refractivity contribution in [3.8, 4) is 33.4 Å². The maximum atomic E-state index is 11.4. The summed E-state index contributed by atoms with van der Waals surface area (Å²) >= 11 is 1.51. The molecule has 0 unspecified atom stereocenters. The normalized spacial score (nSPS) is 11.1. The summed E-state index contributed by atoms with van der Waals surface area (Å²) < 4.78 is 7.15. The first-order valence-electron chi connectivity index (χ1n) is 9.26. The van der Waals surface area contributed by atoms with Gasteiger partial charge in [0.05, 0.1) is 4.88 Å². The molecule has 0 fully saturated rings. The van der Waals surface area contributed by atoms with Gasteiger partial charge < -0.3 is 20.3 Å². The summed E-state index contributed by atoms with van der Waals surface area (Å²) in [5, 5.41) is 22.9. The number of amides is 1. The van der Waals surface area contributed by atoms with Gasteiger partial charge in [0.2, 0.25) is 5.91 Å². The Morgan fingerprint density at radius 2 is 1.67 bits per heavy atom. The number of rotatable bonds is 5. The van der Waals surface area contributed by atoms with Gasteiger partial charge in [-0.1, -0.05) is 12.1 Å². The van der Waals surface area contributed by atoms with E-state index in [0.717, 1.165) is 26.1 Å². The van der Waals surface area contributed by atoms with Gasteiger partial charge in [-0.25, -0.2) is 0 Å². The Morgan fingerprint density at radius 3 is 2.37 bits per heavy atom. The molecule has 0 saturated heterocycles. The number of phenolic OH excluding ortho intramolecular Hbond substituents is 2. The summed E-state index contributed by atoms with van der Waals surface area (Å²) in [7, 11) is 1.58. The summed E-state index contributed by atoms with van der Waals surface area (Å²) in [6, 6.07) is 19.5. The third-order valence-electron chi connectivity index (χ3n) is 4.53. The van der Waals surface area contributed by atoms with Gasteiger partial charge in [0.25, 0.3) is 0 Å². The summed E-state index contributed by atoms with van der Waals surface area (Å²) in [6.45, 7) is 0. The molecule has 0 aliphatic heterocycles. The molecule has 3 aromatic carbocycles. The van der Waals surface area contributed by atoms with E-state index >= 15 is 0 Å². The first-order valence-corrected chi connectivity index (χ1v) is 10.1. The van der Waals surface area contributed by atoms with Crippen molar-refractivity contribution in [1.82, 2.24) is 5.32 Å². The molecule has 30 heavy (non-hydrogen) atoms. The van der Waals surface area contributed by atoms with Crippen LogP contribution in [-0.4, -0.2) is 23.2 Å². The van der Waals surface area contributed by atoms with Gasteiger partial charge >= 0.3 is 0 Å². The highest BCUT2D eigenvalue weighted by molar-refractivity contribution is 7.22. The van der Waals surface area contributed by atoms with Crippen LogP contribution in [0.4, 0.5) is 0 Å². The molecule has 150 valence electrons. The second kappa shape index (κ2) is 8.31. The van der Waals surface area contributed by atoms with Gasteiger partial charge in [0.15, 0.2) is 5.75 Å². The molecule has 4 rings (SSSR count). The molecule has 0 saturated carbocycles. The summed E-state index contributed by atoms with van der Waals surface area (Å²) in [5.74, 6) is 1.57. The Hall–Kier alpha value is -3.77. The fourth-order valence-electron chi connectivity index (χ4n) is 2.99. The minimum Gasteiger partial charge on any atom is -0.508 e. The SMILES string of the molecule is CNC(=O)/C=C/c1ccc(Oc2c(-c3ccc(O)cc3)sc3cc(O)ccc23)cc1. The molecule has 0 aliphatic rings. The van der Waals surface area contributed by atoms with Crippen LogP contribution in [0.2, 0.25) is 0 Å². The zero-order valence-corrected chi connectivity index (χ0v) is 16.9. The van der Waals surface area contributed by atoms with Crippen LogP contribution in [0.25, 0.3) is 26.6 Å². The number of aromatic hydroxyl groups is 2. The molecule has 1 amide bonds. The Kier molecular flexibility index (Phi) is 5.41. The highest BCUT2D eigenvalue weighted by atomic mass is 32.1. The van der Waals surface area contributed by atoms with Crippen LogP contribution in [0.5, 0.6) is 23.0 Å². The number of benzene rings is 3. The smallest absolute Gasteiger partial charge is 0.243 e. The number of likely N-dealkylation sites (N-methyl/N-ethyl adjacent to an activating group) is 1. The molecule has 0 bridgehead atoms. The number of carbonyl (C=O) groups excluding carboxylic acids is 1. The van der Waals surface area contributed by atoms with Crippen molar-refractivity contribution >= 4 is 33.4 Å². The van der Waals surface area contributed by atoms with Gasteiger partial charge in [-0.3, -0.25) is 4.79 Å². The van der Waals surface area contributed by atoms with Crippen LogP contribution in [0, 0.1) is 0 Å². The third kappa shape index (κ3) is 4.14. The Bertz CT molecular complexity index is 1220. The Labute approximate surface area is 177 Å². The monoisotopic (exact) mass is 417 g/mol. The second-order valence-electron chi connectivity index (χ2n) is 6.61. The van der Waals surface area contributed by atoms with E-state index in [-0.39, 0.29) is 17.4 Å². The van der Waals surface area contributed by atoms with Gasteiger partial charge in [-0.2, -0.15) is 0 Å². The lowest BCUT2D eigenvalue weighted by Crippen LogP contribution is -2.13. The summed E-state index contributed by atoms with van der Waals surface area (Å²) in [4.78, 5) is 12.3. The molecule has 0 aliphatic carbocycles. The van der Waals surface area contributed by atoms with E-state index in [0.29, 0.717) is 11.5 Å². The number of carbonyl (C=O) groups is 1. The van der Waals surface area contributed by atoms with E-state index in [4.69, 9.17) is 4.74 Å². The maximum absolute atomic E-state index is 11.4. The van der Waals surface area contributed by atoms with Crippen LogP contribution in [0.1, 0.15) is 5.56 Å². The Balaban J connectivity index is 1.71. The predicted molar refractivity (Wildman–Crippen MR) is 120 cm³/mol. The van der Waals surface area contributed by atoms with E-state index in [1.165, 1.54) is 17.4 Å². The zero-order chi connectivity index (χ0) is 21.1. The van der Waals surface area contributed by atoms with E-state index in [1.807, 2.05) is 42.5 Å². The lowest BCUT2D eigenvalue weighted by molar-refractivity contribution is -0.115. The molecule has 3 N–H and O–H groups in total. The van der Waals surface area contributed by atoms with E-state index in [9.17, 15) is 15.0 Å². The number of fused-ring (bicyclic) bond motifs is 1. The number of hydrogen-bond donors (Lipinski definition) is 3. The zero-order valence-electron chi connectivity index (χ0n) is 16.1. The van der Waals surface area contributed by atoms with Crippen LogP contribution >= 0.6 is 11.3 Å². The van der Waals surface area contributed by atoms with Crippen LogP contribution < -0.4 is 10.1 Å². The second-order valence-corrected chi connectivity index (χ2v) is 7.66. The van der Waals surface area contributed by atoms with Crippen LogP contribution in [0.15, 0.2) is 72.8 Å². The fourth-order valence-corrected chi connectivity index (χ4v) is 4.15. The molecule has 0 radical (unpaired) electrons. The topological polar surface area (TPSA) is 78.8 Å². The van der Waals surface area contributed by atoms with E-state index in [1.54, 1.807) is 37.4 Å². The predicted octanol–water partition coefficient (Wildman–Crippen LogP) is 5.53. The Morgan fingerprint density at radius 1 is 0.967 bits per heavy atom. The molecule has 1 heterocycles. The lowest BCUT2D eigenvalue weighted by atomic mass is 10.1. The number of phenols is 2. The number of thiophene rings is 1. The van der Waals surface area contributed by atoms with Crippen LogP contribution in [-0.2, 0) is 4.79 Å². The van der Waals surface area contributed by atoms with E-state index < -0.39 is 0 Å². The molecule has 6 heteroatoms. The van der Waals surface area contributed by atoms with Gasteiger partial charge in [0.1, 0.15) is 17.2 Å². The highest BCUT2D eigenvalue weighted by Gasteiger charge is 2.17. The molecule has 4 aromatic rings. The summed E-state index contributed by atoms with van der Waals surface area (Å²) in [5.41, 5.74) is 1.79. The van der Waals surface area contributed by atoms with Crippen molar-refractivity contribution in [2.24, 2.45) is 0 Å². The molecule has 1 aromatic heterocycles. The summed E-state index contributed by atoms with van der Waals surface area (Å²) in [6.07, 6.45) is 3.20. The fraction of sp³-hybridized carbons (Fsp3) is 0.0417. The van der Waals surface area contributed by atoms with Crippen molar-refractivity contribution in [3.63, 3.8) is 0 Å².